The molecular formula is C20H24F2N4O3. The summed E-state index contributed by atoms with van der Waals surface area (Å²) in [6.45, 7) is 6.13. The molecule has 1 aromatic carbocycles. The van der Waals surface area contributed by atoms with E-state index < -0.39 is 29.1 Å². The van der Waals surface area contributed by atoms with Crippen LogP contribution in [-0.2, 0) is 22.6 Å². The van der Waals surface area contributed by atoms with Crippen molar-refractivity contribution >= 4 is 11.9 Å². The van der Waals surface area contributed by atoms with Crippen molar-refractivity contribution < 1.29 is 23.1 Å². The number of benzene rings is 1. The fraction of sp³-hybridized carbons (Fsp3) is 0.450. The van der Waals surface area contributed by atoms with Crippen LogP contribution in [0.3, 0.4) is 0 Å². The van der Waals surface area contributed by atoms with E-state index in [4.69, 9.17) is 4.74 Å². The van der Waals surface area contributed by atoms with Crippen LogP contribution in [0.25, 0.3) is 11.3 Å². The summed E-state index contributed by atoms with van der Waals surface area (Å²) < 4.78 is 33.7. The van der Waals surface area contributed by atoms with E-state index >= 15 is 0 Å². The third-order valence-corrected chi connectivity index (χ3v) is 4.85. The van der Waals surface area contributed by atoms with Gasteiger partial charge in [0.1, 0.15) is 6.04 Å². The SMILES string of the molecule is CNC(=O)C(NC(=O)n1nc(-c2ccc(F)c(F)c2)c2c1CCOC2)C(C)(C)C. The van der Waals surface area contributed by atoms with Crippen molar-refractivity contribution in [2.45, 2.75) is 39.8 Å². The standard InChI is InChI=1S/C20H24F2N4O3/c1-20(2,3)17(18(27)23-4)24-19(28)26-15-7-8-29-10-12(15)16(25-26)11-5-6-13(21)14(22)9-11/h5-6,9,17H,7-8,10H2,1-4H3,(H,23,27)(H,24,28). The van der Waals surface area contributed by atoms with E-state index in [0.29, 0.717) is 35.5 Å². The van der Waals surface area contributed by atoms with E-state index in [1.54, 1.807) is 0 Å². The molecule has 29 heavy (non-hydrogen) atoms. The maximum atomic E-state index is 13.7. The van der Waals surface area contributed by atoms with Crippen molar-refractivity contribution in [1.29, 1.82) is 0 Å². The molecule has 7 nitrogen and oxygen atoms in total. The number of nitrogens with one attached hydrogen (secondary N) is 2. The minimum absolute atomic E-state index is 0.203. The molecule has 2 aromatic rings. The van der Waals surface area contributed by atoms with Crippen LogP contribution in [0.4, 0.5) is 13.6 Å². The highest BCUT2D eigenvalue weighted by Gasteiger charge is 2.34. The lowest BCUT2D eigenvalue weighted by Gasteiger charge is -2.29. The van der Waals surface area contributed by atoms with Crippen LogP contribution in [0.2, 0.25) is 0 Å². The Bertz CT molecular complexity index is 950. The van der Waals surface area contributed by atoms with E-state index in [-0.39, 0.29) is 12.5 Å². The average Bonchev–Trinajstić information content (AvgIpc) is 3.06. The van der Waals surface area contributed by atoms with Gasteiger partial charge in [0.2, 0.25) is 5.91 Å². The van der Waals surface area contributed by atoms with Gasteiger partial charge in [0.15, 0.2) is 11.6 Å². The summed E-state index contributed by atoms with van der Waals surface area (Å²) in [4.78, 5) is 25.3. The van der Waals surface area contributed by atoms with Crippen LogP contribution < -0.4 is 10.6 Å². The van der Waals surface area contributed by atoms with Crippen LogP contribution in [-0.4, -0.2) is 41.4 Å². The van der Waals surface area contributed by atoms with Gasteiger partial charge < -0.3 is 15.4 Å². The average molecular weight is 406 g/mol. The molecule has 0 aliphatic carbocycles. The fourth-order valence-electron chi connectivity index (χ4n) is 3.28. The second-order valence-corrected chi connectivity index (χ2v) is 7.98. The van der Waals surface area contributed by atoms with Crippen LogP contribution in [0.15, 0.2) is 18.2 Å². The normalized spacial score (nSPS) is 14.8. The van der Waals surface area contributed by atoms with E-state index in [1.165, 1.54) is 17.8 Å². The van der Waals surface area contributed by atoms with E-state index in [9.17, 15) is 18.4 Å². The number of fused-ring (bicyclic) bond motifs is 1. The van der Waals surface area contributed by atoms with Crippen molar-refractivity contribution in [3.63, 3.8) is 0 Å². The van der Waals surface area contributed by atoms with Crippen LogP contribution in [0.5, 0.6) is 0 Å². The zero-order chi connectivity index (χ0) is 21.3. The lowest BCUT2D eigenvalue weighted by atomic mass is 9.86. The molecular weight excluding hydrogens is 382 g/mol. The summed E-state index contributed by atoms with van der Waals surface area (Å²) >= 11 is 0. The molecule has 3 rings (SSSR count). The molecule has 1 aromatic heterocycles. The Morgan fingerprint density at radius 3 is 2.59 bits per heavy atom. The smallest absolute Gasteiger partial charge is 0.343 e. The number of carbonyl (C=O) groups is 2. The molecule has 0 bridgehead atoms. The Balaban J connectivity index is 2.01. The number of ether oxygens (including phenoxy) is 1. The van der Waals surface area contributed by atoms with Crippen LogP contribution in [0.1, 0.15) is 32.0 Å². The molecule has 0 saturated carbocycles. The molecule has 2 amide bonds. The van der Waals surface area contributed by atoms with E-state index in [0.717, 1.165) is 12.1 Å². The van der Waals surface area contributed by atoms with Crippen LogP contribution >= 0.6 is 0 Å². The Morgan fingerprint density at radius 2 is 1.97 bits per heavy atom. The Kier molecular flexibility index (Phi) is 5.70. The topological polar surface area (TPSA) is 85.3 Å². The van der Waals surface area contributed by atoms with E-state index in [2.05, 4.69) is 15.7 Å². The molecule has 0 saturated heterocycles. The number of halogens is 2. The summed E-state index contributed by atoms with van der Waals surface area (Å²) in [6, 6.07) is 2.10. The summed E-state index contributed by atoms with van der Waals surface area (Å²) in [5, 5.41) is 9.64. The second-order valence-electron chi connectivity index (χ2n) is 7.98. The Hall–Kier alpha value is -2.81. The van der Waals surface area contributed by atoms with Crippen molar-refractivity contribution in [3.8, 4) is 11.3 Å². The first-order valence-corrected chi connectivity index (χ1v) is 9.30. The highest BCUT2D eigenvalue weighted by atomic mass is 19.2. The third kappa shape index (κ3) is 4.14. The molecule has 1 aliphatic heterocycles. The predicted molar refractivity (Wildman–Crippen MR) is 102 cm³/mol. The Labute approximate surface area is 167 Å². The number of hydrogen-bond acceptors (Lipinski definition) is 4. The highest BCUT2D eigenvalue weighted by Crippen LogP contribution is 2.30. The van der Waals surface area contributed by atoms with Gasteiger partial charge in [0.25, 0.3) is 0 Å². The summed E-state index contributed by atoms with van der Waals surface area (Å²) in [5.41, 5.74) is 1.43. The number of aromatic nitrogens is 2. The number of hydrogen-bond donors (Lipinski definition) is 2. The van der Waals surface area contributed by atoms with Gasteiger partial charge >= 0.3 is 6.03 Å². The summed E-state index contributed by atoms with van der Waals surface area (Å²) in [7, 11) is 1.50. The largest absolute Gasteiger partial charge is 0.376 e. The van der Waals surface area contributed by atoms with Gasteiger partial charge in [0, 0.05) is 24.6 Å². The molecule has 156 valence electrons. The fourth-order valence-corrected chi connectivity index (χ4v) is 3.28. The third-order valence-electron chi connectivity index (χ3n) is 4.85. The van der Waals surface area contributed by atoms with Crippen molar-refractivity contribution in [1.82, 2.24) is 20.4 Å². The molecule has 1 aliphatic rings. The molecule has 0 radical (unpaired) electrons. The van der Waals surface area contributed by atoms with Crippen molar-refractivity contribution in [2.75, 3.05) is 13.7 Å². The van der Waals surface area contributed by atoms with Gasteiger partial charge in [-0.15, -0.1) is 0 Å². The van der Waals surface area contributed by atoms with Gasteiger partial charge in [-0.25, -0.2) is 13.6 Å². The lowest BCUT2D eigenvalue weighted by Crippen LogP contribution is -2.54. The minimum atomic E-state index is -1.00. The zero-order valence-electron chi connectivity index (χ0n) is 16.8. The molecule has 9 heteroatoms. The van der Waals surface area contributed by atoms with Crippen LogP contribution in [0, 0.1) is 17.0 Å². The first-order chi connectivity index (χ1) is 13.6. The number of carbonyl (C=O) groups excluding carboxylic acids is 2. The monoisotopic (exact) mass is 406 g/mol. The molecule has 2 N–H and O–H groups in total. The maximum Gasteiger partial charge on any atom is 0.343 e. The highest BCUT2D eigenvalue weighted by molar-refractivity contribution is 5.88. The Morgan fingerprint density at radius 1 is 1.24 bits per heavy atom. The quantitative estimate of drug-likeness (QED) is 0.821. The maximum absolute atomic E-state index is 13.7. The summed E-state index contributed by atoms with van der Waals surface area (Å²) in [5.74, 6) is -2.29. The van der Waals surface area contributed by atoms with Crippen molar-refractivity contribution in [3.05, 3.63) is 41.1 Å². The van der Waals surface area contributed by atoms with Gasteiger partial charge in [-0.05, 0) is 23.6 Å². The zero-order valence-corrected chi connectivity index (χ0v) is 16.8. The van der Waals surface area contributed by atoms with Gasteiger partial charge in [-0.1, -0.05) is 20.8 Å². The number of rotatable bonds is 3. The summed E-state index contributed by atoms with van der Waals surface area (Å²) in [6.07, 6.45) is 0.430. The lowest BCUT2D eigenvalue weighted by molar-refractivity contribution is -0.124. The number of nitrogens with zero attached hydrogens (tertiary/aromatic N) is 2. The van der Waals surface area contributed by atoms with Gasteiger partial charge in [0.05, 0.1) is 24.6 Å². The molecule has 1 unspecified atom stereocenters. The first-order valence-electron chi connectivity index (χ1n) is 9.30. The molecule has 0 spiro atoms. The predicted octanol–water partition coefficient (Wildman–Crippen LogP) is 2.62. The minimum Gasteiger partial charge on any atom is -0.376 e. The molecule has 0 fully saturated rings. The van der Waals surface area contributed by atoms with Crippen molar-refractivity contribution in [2.24, 2.45) is 5.41 Å². The van der Waals surface area contributed by atoms with Gasteiger partial charge in [-0.2, -0.15) is 9.78 Å². The van der Waals surface area contributed by atoms with E-state index in [1.807, 2.05) is 20.8 Å². The first kappa shape index (κ1) is 20.9. The number of likely N-dealkylation sites (N-methyl/N-ethyl adjacent to an activating group) is 1. The molecule has 2 heterocycles. The molecule has 1 atom stereocenters. The van der Waals surface area contributed by atoms with Gasteiger partial charge in [-0.3, -0.25) is 4.79 Å². The number of amides is 2. The second kappa shape index (κ2) is 7.90.